The zero-order chi connectivity index (χ0) is 23.4. The molecule has 2 rings (SSSR count). The summed E-state index contributed by atoms with van der Waals surface area (Å²) in [7, 11) is 0. The van der Waals surface area contributed by atoms with E-state index in [1.165, 1.54) is 28.3 Å². The van der Waals surface area contributed by atoms with Crippen LogP contribution in [0.4, 0.5) is 0 Å². The SMILES string of the molecule is C=C/C=C(\C=C)C(=O)Oc1ccc(C(C)(C)c2ccc(C(C)(C)CC)c(C)c2)cc1C. The molecule has 164 valence electrons. The molecular formula is C29H36O2. The van der Waals surface area contributed by atoms with Gasteiger partial charge in [0.05, 0.1) is 5.57 Å². The lowest BCUT2D eigenvalue weighted by Gasteiger charge is -2.30. The Morgan fingerprint density at radius 2 is 1.55 bits per heavy atom. The Hall–Kier alpha value is -2.87. The molecule has 0 amide bonds. The third-order valence-corrected chi connectivity index (χ3v) is 6.41. The van der Waals surface area contributed by atoms with Crippen LogP contribution in [0.2, 0.25) is 0 Å². The number of carbonyl (C=O) groups excluding carboxylic acids is 1. The number of rotatable bonds is 8. The van der Waals surface area contributed by atoms with Crippen LogP contribution in [0, 0.1) is 13.8 Å². The number of aryl methyl sites for hydroxylation is 2. The highest BCUT2D eigenvalue weighted by atomic mass is 16.5. The van der Waals surface area contributed by atoms with Gasteiger partial charge in [-0.25, -0.2) is 4.79 Å². The summed E-state index contributed by atoms with van der Waals surface area (Å²) >= 11 is 0. The zero-order valence-corrected chi connectivity index (χ0v) is 20.1. The molecule has 0 aliphatic carbocycles. The first kappa shape index (κ1) is 24.4. The van der Waals surface area contributed by atoms with Gasteiger partial charge < -0.3 is 4.74 Å². The highest BCUT2D eigenvalue weighted by Crippen LogP contribution is 2.37. The van der Waals surface area contributed by atoms with E-state index in [1.807, 2.05) is 19.1 Å². The minimum atomic E-state index is -0.435. The predicted octanol–water partition coefficient (Wildman–Crippen LogP) is 7.52. The summed E-state index contributed by atoms with van der Waals surface area (Å²) in [6.07, 6.45) is 5.72. The van der Waals surface area contributed by atoms with Crippen molar-refractivity contribution in [1.82, 2.24) is 0 Å². The average Bonchev–Trinajstić information content (AvgIpc) is 2.72. The monoisotopic (exact) mass is 416 g/mol. The summed E-state index contributed by atoms with van der Waals surface area (Å²) < 4.78 is 5.58. The maximum atomic E-state index is 12.4. The molecule has 0 fully saturated rings. The third-order valence-electron chi connectivity index (χ3n) is 6.41. The van der Waals surface area contributed by atoms with Crippen molar-refractivity contribution in [2.45, 2.75) is 65.7 Å². The van der Waals surface area contributed by atoms with E-state index in [9.17, 15) is 4.79 Å². The van der Waals surface area contributed by atoms with Gasteiger partial charge in [-0.05, 0) is 65.6 Å². The van der Waals surface area contributed by atoms with E-state index < -0.39 is 5.97 Å². The van der Waals surface area contributed by atoms with Crippen LogP contribution in [-0.4, -0.2) is 5.97 Å². The van der Waals surface area contributed by atoms with Crippen molar-refractivity contribution in [2.24, 2.45) is 0 Å². The minimum Gasteiger partial charge on any atom is -0.423 e. The van der Waals surface area contributed by atoms with Crippen molar-refractivity contribution in [3.05, 3.63) is 101 Å². The molecule has 2 heteroatoms. The highest BCUT2D eigenvalue weighted by molar-refractivity contribution is 5.93. The van der Waals surface area contributed by atoms with Crippen LogP contribution in [-0.2, 0) is 15.6 Å². The number of hydrogen-bond donors (Lipinski definition) is 0. The van der Waals surface area contributed by atoms with Gasteiger partial charge in [0.25, 0.3) is 0 Å². The van der Waals surface area contributed by atoms with E-state index in [0.29, 0.717) is 11.3 Å². The Labute approximate surface area is 188 Å². The van der Waals surface area contributed by atoms with Crippen LogP contribution in [0.15, 0.2) is 73.4 Å². The summed E-state index contributed by atoms with van der Waals surface area (Å²) in [6.45, 7) is 22.7. The van der Waals surface area contributed by atoms with Crippen molar-refractivity contribution < 1.29 is 9.53 Å². The smallest absolute Gasteiger partial charge is 0.343 e. The summed E-state index contributed by atoms with van der Waals surface area (Å²) in [5.41, 5.74) is 6.46. The van der Waals surface area contributed by atoms with Gasteiger partial charge in [-0.2, -0.15) is 0 Å². The minimum absolute atomic E-state index is 0.166. The number of carbonyl (C=O) groups is 1. The molecule has 2 aromatic rings. The first-order valence-electron chi connectivity index (χ1n) is 10.9. The second kappa shape index (κ2) is 9.51. The normalized spacial score (nSPS) is 12.4. The third kappa shape index (κ3) is 5.25. The largest absolute Gasteiger partial charge is 0.423 e. The molecule has 0 heterocycles. The fourth-order valence-electron chi connectivity index (χ4n) is 3.83. The van der Waals surface area contributed by atoms with Gasteiger partial charge in [0.2, 0.25) is 0 Å². The number of benzene rings is 2. The van der Waals surface area contributed by atoms with Gasteiger partial charge in [0.15, 0.2) is 0 Å². The first-order valence-corrected chi connectivity index (χ1v) is 10.9. The van der Waals surface area contributed by atoms with Crippen LogP contribution in [0.25, 0.3) is 0 Å². The summed E-state index contributed by atoms with van der Waals surface area (Å²) in [5.74, 6) is 0.118. The quantitative estimate of drug-likeness (QED) is 0.192. The van der Waals surface area contributed by atoms with E-state index in [-0.39, 0.29) is 10.8 Å². The van der Waals surface area contributed by atoms with Crippen LogP contribution in [0.1, 0.15) is 68.9 Å². The van der Waals surface area contributed by atoms with Crippen LogP contribution in [0.3, 0.4) is 0 Å². The van der Waals surface area contributed by atoms with Gasteiger partial charge in [-0.3, -0.25) is 0 Å². The van der Waals surface area contributed by atoms with E-state index in [1.54, 1.807) is 12.2 Å². The van der Waals surface area contributed by atoms with Crippen LogP contribution in [0.5, 0.6) is 5.75 Å². The van der Waals surface area contributed by atoms with Crippen LogP contribution < -0.4 is 4.74 Å². The molecule has 0 bridgehead atoms. The molecule has 2 aromatic carbocycles. The van der Waals surface area contributed by atoms with E-state index in [2.05, 4.69) is 79.0 Å². The molecule has 0 unspecified atom stereocenters. The lowest BCUT2D eigenvalue weighted by Crippen LogP contribution is -2.22. The Morgan fingerprint density at radius 1 is 0.968 bits per heavy atom. The molecule has 0 radical (unpaired) electrons. The van der Waals surface area contributed by atoms with Crippen molar-refractivity contribution in [1.29, 1.82) is 0 Å². The fourth-order valence-corrected chi connectivity index (χ4v) is 3.83. The van der Waals surface area contributed by atoms with Gasteiger partial charge in [0.1, 0.15) is 5.75 Å². The van der Waals surface area contributed by atoms with Crippen LogP contribution >= 0.6 is 0 Å². The van der Waals surface area contributed by atoms with Gasteiger partial charge in [0, 0.05) is 5.41 Å². The highest BCUT2D eigenvalue weighted by Gasteiger charge is 2.27. The van der Waals surface area contributed by atoms with Gasteiger partial charge in [-0.15, -0.1) is 0 Å². The van der Waals surface area contributed by atoms with Crippen molar-refractivity contribution in [2.75, 3.05) is 0 Å². The molecule has 2 nitrogen and oxygen atoms in total. The standard InChI is InChI=1S/C29H36O2/c1-10-13-22(11-2)27(30)31-26-17-15-24(19-21(26)5)29(8,9)23-14-16-25(20(4)18-23)28(6,7)12-3/h10-11,13-19H,1-2,12H2,3-9H3/b22-13+. The Kier molecular flexibility index (Phi) is 7.49. The second-order valence-electron chi connectivity index (χ2n) is 9.32. The maximum Gasteiger partial charge on any atom is 0.343 e. The summed E-state index contributed by atoms with van der Waals surface area (Å²) in [6, 6.07) is 12.9. The first-order chi connectivity index (χ1) is 14.5. The molecule has 0 atom stereocenters. The molecular weight excluding hydrogens is 380 g/mol. The topological polar surface area (TPSA) is 26.3 Å². The van der Waals surface area contributed by atoms with E-state index in [4.69, 9.17) is 4.74 Å². The average molecular weight is 417 g/mol. The molecule has 0 aliphatic heterocycles. The lowest BCUT2D eigenvalue weighted by atomic mass is 9.74. The summed E-state index contributed by atoms with van der Waals surface area (Å²) in [4.78, 5) is 12.4. The molecule has 31 heavy (non-hydrogen) atoms. The number of hydrogen-bond acceptors (Lipinski definition) is 2. The van der Waals surface area contributed by atoms with Crippen molar-refractivity contribution in [3.63, 3.8) is 0 Å². The second-order valence-corrected chi connectivity index (χ2v) is 9.32. The molecule has 0 saturated heterocycles. The molecule has 0 aromatic heterocycles. The molecule has 0 aliphatic rings. The zero-order valence-electron chi connectivity index (χ0n) is 20.1. The van der Waals surface area contributed by atoms with E-state index >= 15 is 0 Å². The number of ether oxygens (including phenoxy) is 1. The van der Waals surface area contributed by atoms with E-state index in [0.717, 1.165) is 12.0 Å². The Balaban J connectivity index is 2.36. The Morgan fingerprint density at radius 3 is 2.03 bits per heavy atom. The molecule has 0 spiro atoms. The summed E-state index contributed by atoms with van der Waals surface area (Å²) in [5, 5.41) is 0. The maximum absolute atomic E-state index is 12.4. The Bertz CT molecular complexity index is 1020. The lowest BCUT2D eigenvalue weighted by molar-refractivity contribution is -0.129. The molecule has 0 saturated carbocycles. The van der Waals surface area contributed by atoms with Gasteiger partial charge >= 0.3 is 5.97 Å². The predicted molar refractivity (Wildman–Crippen MR) is 132 cm³/mol. The number of esters is 1. The van der Waals surface area contributed by atoms with Gasteiger partial charge in [-0.1, -0.05) is 90.3 Å². The van der Waals surface area contributed by atoms with Crippen molar-refractivity contribution >= 4 is 5.97 Å². The van der Waals surface area contributed by atoms with Crippen molar-refractivity contribution in [3.8, 4) is 5.75 Å². The fraction of sp³-hybridized carbons (Fsp3) is 0.345. The number of allylic oxidation sites excluding steroid dienone is 2. The molecule has 0 N–H and O–H groups in total.